The van der Waals surface area contributed by atoms with Crippen molar-refractivity contribution in [1.29, 1.82) is 0 Å². The van der Waals surface area contributed by atoms with Crippen molar-refractivity contribution in [2.24, 2.45) is 0 Å². The van der Waals surface area contributed by atoms with Gasteiger partial charge in [0.15, 0.2) is 0 Å². The Morgan fingerprint density at radius 2 is 1.23 bits per heavy atom. The zero-order valence-corrected chi connectivity index (χ0v) is 33.3. The molecule has 5 aromatic rings. The summed E-state index contributed by atoms with van der Waals surface area (Å²) in [4.78, 5) is 0. The third-order valence-corrected chi connectivity index (χ3v) is 9.65. The van der Waals surface area contributed by atoms with Crippen LogP contribution in [0.15, 0.2) is 118 Å². The topological polar surface area (TPSA) is 0 Å². The van der Waals surface area contributed by atoms with Gasteiger partial charge in [0, 0.05) is 0 Å². The van der Waals surface area contributed by atoms with Crippen molar-refractivity contribution in [3.63, 3.8) is 0 Å². The Hall–Kier alpha value is -1.48. The van der Waals surface area contributed by atoms with E-state index in [9.17, 15) is 0 Å². The molecule has 0 saturated carbocycles. The van der Waals surface area contributed by atoms with E-state index in [4.69, 9.17) is 0 Å². The van der Waals surface area contributed by atoms with E-state index in [0.29, 0.717) is 0 Å². The molecule has 6 rings (SSSR count). The Bertz CT molecular complexity index is 1530. The van der Waals surface area contributed by atoms with Crippen LogP contribution in [-0.4, -0.2) is 3.21 Å². The molecule has 0 nitrogen and oxygen atoms in total. The molecule has 0 saturated heterocycles. The first-order valence-electron chi connectivity index (χ1n) is 14.3. The van der Waals surface area contributed by atoms with E-state index in [0.717, 1.165) is 15.4 Å². The molecular formula is C39H38Br2Cl2Zr-2. The van der Waals surface area contributed by atoms with E-state index >= 15 is 0 Å². The van der Waals surface area contributed by atoms with E-state index < -0.39 is 0 Å². The Kier molecular flexibility index (Phi) is 14.9. The fraction of sp³-hybridized carbons (Fsp3) is 0.231. The first-order valence-corrected chi connectivity index (χ1v) is 17.1. The van der Waals surface area contributed by atoms with Gasteiger partial charge in [-0.25, -0.2) is 12.1 Å². The summed E-state index contributed by atoms with van der Waals surface area (Å²) < 4.78 is 3.62. The van der Waals surface area contributed by atoms with E-state index in [1.54, 1.807) is 0 Å². The van der Waals surface area contributed by atoms with Crippen LogP contribution in [0, 0.1) is 6.07 Å². The molecule has 0 atom stereocenters. The largest absolute Gasteiger partial charge is 1.00 e. The van der Waals surface area contributed by atoms with Gasteiger partial charge in [-0.3, -0.25) is 0 Å². The summed E-state index contributed by atoms with van der Waals surface area (Å²) in [6, 6.07) is 42.0. The number of fused-ring (bicyclic) bond motifs is 3. The van der Waals surface area contributed by atoms with Crippen molar-refractivity contribution < 1.29 is 49.0 Å². The van der Waals surface area contributed by atoms with Crippen LogP contribution >= 0.6 is 31.9 Å². The standard InChI is InChI=1S/C21H25.C13H8Br2.C5H5.2ClH.Zr/c1-20(2,3)16-7-9-18-14(12-16)11-15-13-17(21(4,5)6)8-10-19(15)18;14-12-5-1-3-10(8-12)7-11-4-2-6-13(15)9-11;1-2-4-5-3-1;;;/h7-10,12H,11H2,1-6H3;1-6,8-9H;1-5H;2*1H;/q-1;;-1;;;+2/p-2. The third-order valence-electron chi connectivity index (χ3n) is 7.25. The summed E-state index contributed by atoms with van der Waals surface area (Å²) in [6.07, 6.45) is 1.03. The average molecular weight is 829 g/mol. The number of halogens is 4. The summed E-state index contributed by atoms with van der Waals surface area (Å²) in [5.41, 5.74) is 11.3. The Morgan fingerprint density at radius 3 is 1.68 bits per heavy atom. The monoisotopic (exact) mass is 824 g/mol. The SMILES string of the molecule is Brc1cccc([C](=[Zr+2])c2cccc(Br)c2)c1.CC(C)(C)c1[c-]c2c(cc1)-c1ccc(C(C)(C)C)cc1C2.[Cl-].[Cl-].c1cc[cH-]c1. The van der Waals surface area contributed by atoms with E-state index in [1.165, 1.54) is 71.9 Å². The number of rotatable bonds is 2. The number of benzene rings is 4. The fourth-order valence-electron chi connectivity index (χ4n) is 4.80. The second-order valence-electron chi connectivity index (χ2n) is 12.7. The molecule has 1 aliphatic carbocycles. The van der Waals surface area contributed by atoms with Crippen LogP contribution in [0.5, 0.6) is 0 Å². The fourth-order valence-corrected chi connectivity index (χ4v) is 6.37. The minimum absolute atomic E-state index is 0. The van der Waals surface area contributed by atoms with Crippen LogP contribution in [0.3, 0.4) is 0 Å². The maximum absolute atomic E-state index is 3.67. The molecule has 0 fully saturated rings. The second-order valence-corrected chi connectivity index (χ2v) is 15.7. The van der Waals surface area contributed by atoms with Crippen molar-refractivity contribution in [3.8, 4) is 11.1 Å². The van der Waals surface area contributed by atoms with Gasteiger partial charge in [-0.2, -0.15) is 42.0 Å². The zero-order chi connectivity index (χ0) is 30.5. The number of hydrogen-bond donors (Lipinski definition) is 0. The zero-order valence-electron chi connectivity index (χ0n) is 26.1. The predicted octanol–water partition coefficient (Wildman–Crippen LogP) is 5.39. The van der Waals surface area contributed by atoms with Gasteiger partial charge in [-0.05, 0) is 28.4 Å². The molecule has 0 aliphatic heterocycles. The minimum Gasteiger partial charge on any atom is -1.00 e. The van der Waals surface area contributed by atoms with Gasteiger partial charge >= 0.3 is 128 Å². The minimum atomic E-state index is 0. The summed E-state index contributed by atoms with van der Waals surface area (Å²) in [7, 11) is 0. The Labute approximate surface area is 308 Å². The molecule has 228 valence electrons. The number of hydrogen-bond acceptors (Lipinski definition) is 0. The van der Waals surface area contributed by atoms with Gasteiger partial charge in [0.05, 0.1) is 0 Å². The Morgan fingerprint density at radius 1 is 0.682 bits per heavy atom. The van der Waals surface area contributed by atoms with Crippen LogP contribution in [0.1, 0.15) is 74.9 Å². The summed E-state index contributed by atoms with van der Waals surface area (Å²) >= 11 is 8.43. The van der Waals surface area contributed by atoms with Crippen molar-refractivity contribution in [2.45, 2.75) is 58.8 Å². The molecular weight excluding hydrogens is 790 g/mol. The van der Waals surface area contributed by atoms with Crippen molar-refractivity contribution in [1.82, 2.24) is 0 Å². The molecule has 5 aromatic carbocycles. The van der Waals surface area contributed by atoms with E-state index in [-0.39, 0.29) is 35.6 Å². The predicted molar refractivity (Wildman–Crippen MR) is 184 cm³/mol. The van der Waals surface area contributed by atoms with Crippen molar-refractivity contribution in [3.05, 3.63) is 158 Å². The van der Waals surface area contributed by atoms with Gasteiger partial charge < -0.3 is 24.8 Å². The molecule has 1 aliphatic rings. The van der Waals surface area contributed by atoms with Crippen molar-refractivity contribution >= 4 is 35.1 Å². The molecule has 0 aromatic heterocycles. The average Bonchev–Trinajstić information content (AvgIpc) is 3.63. The first kappa shape index (κ1) is 38.7. The van der Waals surface area contributed by atoms with Gasteiger partial charge in [0.25, 0.3) is 0 Å². The summed E-state index contributed by atoms with van der Waals surface area (Å²) in [6.45, 7) is 13.6. The quantitative estimate of drug-likeness (QED) is 0.206. The molecule has 0 bridgehead atoms. The van der Waals surface area contributed by atoms with E-state index in [1.807, 2.05) is 42.5 Å². The van der Waals surface area contributed by atoms with E-state index in [2.05, 4.69) is 146 Å². The molecule has 0 heterocycles. The molecule has 44 heavy (non-hydrogen) atoms. The summed E-state index contributed by atoms with van der Waals surface area (Å²) in [5, 5.41) is 0. The first-order chi connectivity index (χ1) is 19.8. The van der Waals surface area contributed by atoms with Gasteiger partial charge in [-0.15, -0.1) is 11.1 Å². The third kappa shape index (κ3) is 10.5. The molecule has 0 N–H and O–H groups in total. The maximum Gasteiger partial charge on any atom is -0.0132 e. The van der Waals surface area contributed by atoms with Gasteiger partial charge in [0.2, 0.25) is 0 Å². The molecule has 5 heteroatoms. The normalized spacial score (nSPS) is 11.3. The van der Waals surface area contributed by atoms with Gasteiger partial charge in [0.1, 0.15) is 0 Å². The van der Waals surface area contributed by atoms with Crippen LogP contribution in [0.25, 0.3) is 11.1 Å². The second kappa shape index (κ2) is 16.9. The van der Waals surface area contributed by atoms with Crippen molar-refractivity contribution in [2.75, 3.05) is 0 Å². The van der Waals surface area contributed by atoms with Crippen LogP contribution in [0.4, 0.5) is 0 Å². The Balaban J connectivity index is 0.000000260. The molecule has 0 radical (unpaired) electrons. The molecule has 0 spiro atoms. The van der Waals surface area contributed by atoms with Crippen LogP contribution < -0.4 is 24.8 Å². The smallest absolute Gasteiger partial charge is 0.0132 e. The van der Waals surface area contributed by atoms with Crippen LogP contribution in [0.2, 0.25) is 0 Å². The molecule has 0 amide bonds. The van der Waals surface area contributed by atoms with Gasteiger partial charge in [-0.1, -0.05) is 65.3 Å². The maximum atomic E-state index is 3.67. The van der Waals surface area contributed by atoms with Crippen LogP contribution in [-0.2, 0) is 41.5 Å². The summed E-state index contributed by atoms with van der Waals surface area (Å²) in [5.74, 6) is 0. The molecule has 0 unspecified atom stereocenters.